The van der Waals surface area contributed by atoms with Gasteiger partial charge in [0, 0.05) is 20.9 Å². The zero-order chi connectivity index (χ0) is 26.9. The molecule has 0 aliphatic heterocycles. The standard InChI is InChI=1S/C30H25Br2NO5/c31-24-15-23(16-25(32)17-24)29(34)33-26(30(35)36)13-22-11-12-27(37-18-20-7-3-1-4-8-20)28(14-22)38-19-21-9-5-2-6-10-21/h1-12,14-17,26H,13,18-19H2,(H,33,34)(H,35,36)/t26-/m0/s1. The highest BCUT2D eigenvalue weighted by atomic mass is 79.9. The lowest BCUT2D eigenvalue weighted by molar-refractivity contribution is -0.139. The molecule has 0 spiro atoms. The van der Waals surface area contributed by atoms with Crippen molar-refractivity contribution in [1.82, 2.24) is 5.32 Å². The van der Waals surface area contributed by atoms with Crippen LogP contribution >= 0.6 is 31.9 Å². The molecule has 2 N–H and O–H groups in total. The number of benzene rings is 4. The molecule has 0 heterocycles. The Bertz CT molecular complexity index is 1380. The minimum atomic E-state index is -1.14. The number of carboxylic acids is 1. The molecule has 4 aromatic carbocycles. The average Bonchev–Trinajstić information content (AvgIpc) is 2.91. The normalized spacial score (nSPS) is 11.4. The van der Waals surface area contributed by atoms with E-state index in [-0.39, 0.29) is 6.42 Å². The van der Waals surface area contributed by atoms with Gasteiger partial charge in [0.1, 0.15) is 19.3 Å². The molecule has 0 unspecified atom stereocenters. The summed E-state index contributed by atoms with van der Waals surface area (Å²) in [6, 6.07) is 28.8. The summed E-state index contributed by atoms with van der Waals surface area (Å²) in [7, 11) is 0. The van der Waals surface area contributed by atoms with Gasteiger partial charge in [0.2, 0.25) is 0 Å². The van der Waals surface area contributed by atoms with Crippen molar-refractivity contribution in [2.24, 2.45) is 0 Å². The highest BCUT2D eigenvalue weighted by molar-refractivity contribution is 9.11. The van der Waals surface area contributed by atoms with E-state index in [1.165, 1.54) is 0 Å². The van der Waals surface area contributed by atoms with E-state index in [1.807, 2.05) is 60.7 Å². The summed E-state index contributed by atoms with van der Waals surface area (Å²) < 4.78 is 13.6. The van der Waals surface area contributed by atoms with Crippen molar-refractivity contribution >= 4 is 43.7 Å². The van der Waals surface area contributed by atoms with Crippen molar-refractivity contribution < 1.29 is 24.2 Å². The molecule has 4 aromatic rings. The molecule has 1 amide bonds. The number of carbonyl (C=O) groups excluding carboxylic acids is 1. The number of halogens is 2. The van der Waals surface area contributed by atoms with Gasteiger partial charge in [0.05, 0.1) is 0 Å². The molecule has 0 saturated carbocycles. The average molecular weight is 639 g/mol. The van der Waals surface area contributed by atoms with E-state index in [2.05, 4.69) is 37.2 Å². The summed E-state index contributed by atoms with van der Waals surface area (Å²) in [5.74, 6) is -0.580. The van der Waals surface area contributed by atoms with Crippen molar-refractivity contribution in [3.63, 3.8) is 0 Å². The summed E-state index contributed by atoms with van der Waals surface area (Å²) >= 11 is 6.70. The van der Waals surface area contributed by atoms with E-state index in [4.69, 9.17) is 9.47 Å². The van der Waals surface area contributed by atoms with Crippen LogP contribution in [-0.2, 0) is 24.4 Å². The van der Waals surface area contributed by atoms with Gasteiger partial charge >= 0.3 is 5.97 Å². The first-order valence-electron chi connectivity index (χ1n) is 11.8. The third-order valence-electron chi connectivity index (χ3n) is 5.65. The van der Waals surface area contributed by atoms with Gasteiger partial charge < -0.3 is 19.9 Å². The number of hydrogen-bond acceptors (Lipinski definition) is 4. The van der Waals surface area contributed by atoms with Gasteiger partial charge in [-0.15, -0.1) is 0 Å². The number of rotatable bonds is 11. The Hall–Kier alpha value is -3.62. The Morgan fingerprint density at radius 3 is 1.82 bits per heavy atom. The Morgan fingerprint density at radius 1 is 0.711 bits per heavy atom. The smallest absolute Gasteiger partial charge is 0.326 e. The fourth-order valence-corrected chi connectivity index (χ4v) is 5.04. The molecule has 0 aliphatic carbocycles. The molecule has 0 saturated heterocycles. The van der Waals surface area contributed by atoms with Crippen LogP contribution in [0.5, 0.6) is 11.5 Å². The first-order valence-corrected chi connectivity index (χ1v) is 13.4. The van der Waals surface area contributed by atoms with Crippen LogP contribution in [0.25, 0.3) is 0 Å². The lowest BCUT2D eigenvalue weighted by Crippen LogP contribution is -2.42. The SMILES string of the molecule is O=C(N[C@@H](Cc1ccc(OCc2ccccc2)c(OCc2ccccc2)c1)C(=O)O)c1cc(Br)cc(Br)c1. The van der Waals surface area contributed by atoms with E-state index in [9.17, 15) is 14.7 Å². The lowest BCUT2D eigenvalue weighted by Gasteiger charge is -2.18. The second kappa shape index (κ2) is 13.3. The van der Waals surface area contributed by atoms with Gasteiger partial charge in [-0.3, -0.25) is 4.79 Å². The molecule has 0 radical (unpaired) electrons. The molecule has 0 aromatic heterocycles. The summed E-state index contributed by atoms with van der Waals surface area (Å²) in [5, 5.41) is 12.5. The second-order valence-corrected chi connectivity index (χ2v) is 10.4. The number of aliphatic carboxylic acids is 1. The third-order valence-corrected chi connectivity index (χ3v) is 6.57. The van der Waals surface area contributed by atoms with Gasteiger partial charge in [-0.05, 0) is 47.0 Å². The number of amides is 1. The van der Waals surface area contributed by atoms with Crippen LogP contribution in [0.3, 0.4) is 0 Å². The largest absolute Gasteiger partial charge is 0.485 e. The molecule has 0 bridgehead atoms. The van der Waals surface area contributed by atoms with Crippen molar-refractivity contribution in [1.29, 1.82) is 0 Å². The molecule has 6 nitrogen and oxygen atoms in total. The molecule has 8 heteroatoms. The van der Waals surface area contributed by atoms with Crippen LogP contribution in [0, 0.1) is 0 Å². The molecule has 0 fully saturated rings. The Labute approximate surface area is 237 Å². The first kappa shape index (κ1) is 27.4. The molecular weight excluding hydrogens is 614 g/mol. The van der Waals surface area contributed by atoms with E-state index in [0.717, 1.165) is 11.1 Å². The minimum absolute atomic E-state index is 0.0664. The van der Waals surface area contributed by atoms with Gasteiger partial charge in [-0.25, -0.2) is 4.79 Å². The van der Waals surface area contributed by atoms with Crippen LogP contribution in [0.1, 0.15) is 27.0 Å². The maximum atomic E-state index is 12.8. The van der Waals surface area contributed by atoms with E-state index < -0.39 is 17.9 Å². The zero-order valence-corrected chi connectivity index (χ0v) is 23.4. The molecule has 38 heavy (non-hydrogen) atoms. The van der Waals surface area contributed by atoms with Crippen LogP contribution in [0.15, 0.2) is 106 Å². The lowest BCUT2D eigenvalue weighted by atomic mass is 10.0. The summed E-state index contributed by atoms with van der Waals surface area (Å²) in [4.78, 5) is 24.8. The van der Waals surface area contributed by atoms with Gasteiger partial charge in [0.25, 0.3) is 5.91 Å². The van der Waals surface area contributed by atoms with Gasteiger partial charge in [-0.1, -0.05) is 98.6 Å². The maximum absolute atomic E-state index is 12.8. The summed E-state index contributed by atoms with van der Waals surface area (Å²) in [5.41, 5.74) is 3.03. The summed E-state index contributed by atoms with van der Waals surface area (Å²) in [6.45, 7) is 0.681. The number of carboxylic acid groups (broad SMARTS) is 1. The zero-order valence-electron chi connectivity index (χ0n) is 20.3. The minimum Gasteiger partial charge on any atom is -0.485 e. The Balaban J connectivity index is 1.52. The van der Waals surface area contributed by atoms with Crippen molar-refractivity contribution in [3.8, 4) is 11.5 Å². The molecule has 4 rings (SSSR count). The fraction of sp³-hybridized carbons (Fsp3) is 0.133. The quantitative estimate of drug-likeness (QED) is 0.189. The van der Waals surface area contributed by atoms with Crippen molar-refractivity contribution in [2.75, 3.05) is 0 Å². The van der Waals surface area contributed by atoms with E-state index >= 15 is 0 Å². The van der Waals surface area contributed by atoms with Crippen LogP contribution in [0.4, 0.5) is 0 Å². The number of nitrogens with one attached hydrogen (secondary N) is 1. The molecule has 194 valence electrons. The van der Waals surface area contributed by atoms with Gasteiger partial charge in [0.15, 0.2) is 11.5 Å². The van der Waals surface area contributed by atoms with Crippen molar-refractivity contribution in [3.05, 3.63) is 128 Å². The fourth-order valence-electron chi connectivity index (χ4n) is 3.74. The number of carbonyl (C=O) groups is 2. The molecule has 0 aliphatic rings. The highest BCUT2D eigenvalue weighted by Gasteiger charge is 2.22. The van der Waals surface area contributed by atoms with Crippen LogP contribution < -0.4 is 14.8 Å². The Morgan fingerprint density at radius 2 is 1.26 bits per heavy atom. The predicted molar refractivity (Wildman–Crippen MR) is 152 cm³/mol. The third kappa shape index (κ3) is 7.94. The van der Waals surface area contributed by atoms with E-state index in [0.29, 0.717) is 44.8 Å². The molecular formula is C30H25Br2NO5. The first-order chi connectivity index (χ1) is 18.4. The second-order valence-electron chi connectivity index (χ2n) is 8.56. The molecule has 1 atom stereocenters. The van der Waals surface area contributed by atoms with Crippen molar-refractivity contribution in [2.45, 2.75) is 25.7 Å². The highest BCUT2D eigenvalue weighted by Crippen LogP contribution is 2.31. The van der Waals surface area contributed by atoms with E-state index in [1.54, 1.807) is 36.4 Å². The maximum Gasteiger partial charge on any atom is 0.326 e. The Kier molecular flexibility index (Phi) is 9.56. The number of ether oxygens (including phenoxy) is 2. The summed E-state index contributed by atoms with van der Waals surface area (Å²) in [6.07, 6.45) is 0.0664. The predicted octanol–water partition coefficient (Wildman–Crippen LogP) is 6.80. The van der Waals surface area contributed by atoms with Crippen LogP contribution in [-0.4, -0.2) is 23.0 Å². The topological polar surface area (TPSA) is 84.9 Å². The number of hydrogen-bond donors (Lipinski definition) is 2. The van der Waals surface area contributed by atoms with Crippen LogP contribution in [0.2, 0.25) is 0 Å². The monoisotopic (exact) mass is 637 g/mol. The van der Waals surface area contributed by atoms with Gasteiger partial charge in [-0.2, -0.15) is 0 Å².